The lowest BCUT2D eigenvalue weighted by atomic mass is 9.97. The second kappa shape index (κ2) is 8.09. The van der Waals surface area contributed by atoms with Gasteiger partial charge in [-0.1, -0.05) is 18.2 Å². The summed E-state index contributed by atoms with van der Waals surface area (Å²) in [5, 5.41) is 9.43. The van der Waals surface area contributed by atoms with Gasteiger partial charge in [-0.15, -0.1) is 0 Å². The zero-order valence-corrected chi connectivity index (χ0v) is 13.7. The van der Waals surface area contributed by atoms with Crippen molar-refractivity contribution >= 4 is 0 Å². The van der Waals surface area contributed by atoms with E-state index >= 15 is 0 Å². The van der Waals surface area contributed by atoms with Crippen molar-refractivity contribution in [1.29, 1.82) is 5.26 Å². The van der Waals surface area contributed by atoms with E-state index in [1.807, 2.05) is 49.4 Å². The Bertz CT molecular complexity index is 691. The van der Waals surface area contributed by atoms with E-state index in [1.165, 1.54) is 0 Å². The number of aryl methyl sites for hydroxylation is 1. The Morgan fingerprint density at radius 3 is 2.48 bits per heavy atom. The minimum Gasteiger partial charge on any atom is -0.494 e. The van der Waals surface area contributed by atoms with Crippen LogP contribution in [0.3, 0.4) is 0 Å². The van der Waals surface area contributed by atoms with Gasteiger partial charge in [-0.3, -0.25) is 0 Å². The number of ether oxygens (including phenoxy) is 3. The fourth-order valence-corrected chi connectivity index (χ4v) is 2.38. The molecule has 2 aromatic rings. The van der Waals surface area contributed by atoms with E-state index in [9.17, 15) is 5.26 Å². The van der Waals surface area contributed by atoms with Gasteiger partial charge in [0.05, 0.1) is 32.8 Å². The van der Waals surface area contributed by atoms with E-state index < -0.39 is 0 Å². The lowest BCUT2D eigenvalue weighted by Gasteiger charge is -2.14. The van der Waals surface area contributed by atoms with E-state index in [1.54, 1.807) is 14.2 Å². The molecule has 0 radical (unpaired) electrons. The van der Waals surface area contributed by atoms with Crippen LogP contribution in [0.15, 0.2) is 42.5 Å². The lowest BCUT2D eigenvalue weighted by Crippen LogP contribution is -2.05. The molecule has 0 bridgehead atoms. The zero-order chi connectivity index (χ0) is 16.7. The average molecular weight is 311 g/mol. The quantitative estimate of drug-likeness (QED) is 0.773. The van der Waals surface area contributed by atoms with Crippen LogP contribution in [0.2, 0.25) is 0 Å². The van der Waals surface area contributed by atoms with Gasteiger partial charge in [0.25, 0.3) is 0 Å². The Hall–Kier alpha value is -2.67. The molecule has 23 heavy (non-hydrogen) atoms. The van der Waals surface area contributed by atoms with E-state index in [4.69, 9.17) is 14.2 Å². The molecule has 0 fully saturated rings. The maximum atomic E-state index is 9.43. The first kappa shape index (κ1) is 16.7. The molecule has 120 valence electrons. The molecule has 0 aliphatic carbocycles. The average Bonchev–Trinajstić information content (AvgIpc) is 2.58. The molecule has 0 amide bonds. The van der Waals surface area contributed by atoms with Crippen LogP contribution in [0.1, 0.15) is 23.5 Å². The highest BCUT2D eigenvalue weighted by atomic mass is 16.5. The van der Waals surface area contributed by atoms with Crippen LogP contribution in [0.25, 0.3) is 0 Å². The maximum absolute atomic E-state index is 9.43. The summed E-state index contributed by atoms with van der Waals surface area (Å²) in [7, 11) is 3.18. The fourth-order valence-electron chi connectivity index (χ4n) is 2.38. The molecule has 2 rings (SSSR count). The predicted molar refractivity (Wildman–Crippen MR) is 89.2 cm³/mol. The number of nitriles is 1. The van der Waals surface area contributed by atoms with Crippen molar-refractivity contribution in [3.63, 3.8) is 0 Å². The van der Waals surface area contributed by atoms with Gasteiger partial charge in [-0.25, -0.2) is 0 Å². The van der Waals surface area contributed by atoms with E-state index in [0.29, 0.717) is 24.5 Å². The van der Waals surface area contributed by atoms with Gasteiger partial charge in [-0.2, -0.15) is 5.26 Å². The Morgan fingerprint density at radius 1 is 1.04 bits per heavy atom. The molecule has 1 unspecified atom stereocenters. The van der Waals surface area contributed by atoms with Gasteiger partial charge in [0.2, 0.25) is 0 Å². The Kier molecular flexibility index (Phi) is 5.87. The van der Waals surface area contributed by atoms with Crippen molar-refractivity contribution < 1.29 is 14.2 Å². The van der Waals surface area contributed by atoms with Crippen LogP contribution < -0.4 is 14.2 Å². The number of methoxy groups -OCH3 is 2. The highest BCUT2D eigenvalue weighted by molar-refractivity contribution is 5.45. The van der Waals surface area contributed by atoms with E-state index in [0.717, 1.165) is 16.9 Å². The molecule has 0 N–H and O–H groups in total. The van der Waals surface area contributed by atoms with Crippen LogP contribution in [0.4, 0.5) is 0 Å². The Labute approximate surface area is 137 Å². The van der Waals surface area contributed by atoms with Gasteiger partial charge in [0.1, 0.15) is 5.75 Å². The largest absolute Gasteiger partial charge is 0.494 e. The molecule has 0 aliphatic rings. The minimum absolute atomic E-state index is 0.250. The summed E-state index contributed by atoms with van der Waals surface area (Å²) in [6.45, 7) is 2.50. The first-order valence-electron chi connectivity index (χ1n) is 7.49. The lowest BCUT2D eigenvalue weighted by molar-refractivity contribution is 0.305. The van der Waals surface area contributed by atoms with Crippen LogP contribution in [0, 0.1) is 18.3 Å². The molecule has 4 heteroatoms. The molecular weight excluding hydrogens is 290 g/mol. The molecule has 0 aliphatic heterocycles. The SMILES string of the molecule is COc1ccc(C(C#N)CCOc2cccc(C)c2)cc1OC. The van der Waals surface area contributed by atoms with Gasteiger partial charge in [-0.05, 0) is 42.3 Å². The summed E-state index contributed by atoms with van der Waals surface area (Å²) in [6.07, 6.45) is 0.611. The zero-order valence-electron chi connectivity index (χ0n) is 13.7. The minimum atomic E-state index is -0.250. The molecule has 0 aromatic heterocycles. The summed E-state index contributed by atoms with van der Waals surface area (Å²) in [6, 6.07) is 15.8. The van der Waals surface area contributed by atoms with Crippen LogP contribution in [0.5, 0.6) is 17.2 Å². The normalized spacial score (nSPS) is 11.4. The molecule has 0 saturated heterocycles. The Balaban J connectivity index is 2.01. The molecule has 1 atom stereocenters. The second-order valence-corrected chi connectivity index (χ2v) is 5.25. The number of benzene rings is 2. The molecule has 4 nitrogen and oxygen atoms in total. The first-order valence-corrected chi connectivity index (χ1v) is 7.49. The van der Waals surface area contributed by atoms with Crippen LogP contribution in [-0.4, -0.2) is 20.8 Å². The molecular formula is C19H21NO3. The van der Waals surface area contributed by atoms with Gasteiger partial charge in [0, 0.05) is 6.42 Å². The van der Waals surface area contributed by atoms with Gasteiger partial charge in [0.15, 0.2) is 11.5 Å². The monoisotopic (exact) mass is 311 g/mol. The molecule has 0 saturated carbocycles. The summed E-state index contributed by atoms with van der Waals surface area (Å²) >= 11 is 0. The summed E-state index contributed by atoms with van der Waals surface area (Å²) in [5.41, 5.74) is 2.05. The van der Waals surface area contributed by atoms with Crippen molar-refractivity contribution in [2.45, 2.75) is 19.3 Å². The van der Waals surface area contributed by atoms with Gasteiger partial charge >= 0.3 is 0 Å². The van der Waals surface area contributed by atoms with Crippen molar-refractivity contribution in [2.24, 2.45) is 0 Å². The molecule has 2 aromatic carbocycles. The summed E-state index contributed by atoms with van der Waals surface area (Å²) in [4.78, 5) is 0. The van der Waals surface area contributed by atoms with Crippen LogP contribution in [-0.2, 0) is 0 Å². The standard InChI is InChI=1S/C19H21NO3/c1-14-5-4-6-17(11-14)23-10-9-16(13-20)15-7-8-18(21-2)19(12-15)22-3/h4-8,11-12,16H,9-10H2,1-3H3. The summed E-state index contributed by atoms with van der Waals surface area (Å²) < 4.78 is 16.3. The molecule has 0 spiro atoms. The number of nitrogens with zero attached hydrogens (tertiary/aromatic N) is 1. The van der Waals surface area contributed by atoms with Crippen molar-refractivity contribution in [1.82, 2.24) is 0 Å². The highest BCUT2D eigenvalue weighted by Gasteiger charge is 2.14. The van der Waals surface area contributed by atoms with Gasteiger partial charge < -0.3 is 14.2 Å². The third-order valence-corrected chi connectivity index (χ3v) is 3.63. The Morgan fingerprint density at radius 2 is 1.83 bits per heavy atom. The fraction of sp³-hybridized carbons (Fsp3) is 0.316. The van der Waals surface area contributed by atoms with Crippen molar-refractivity contribution in [2.75, 3.05) is 20.8 Å². The van der Waals surface area contributed by atoms with E-state index in [2.05, 4.69) is 6.07 Å². The number of hydrogen-bond acceptors (Lipinski definition) is 4. The van der Waals surface area contributed by atoms with Crippen molar-refractivity contribution in [3.05, 3.63) is 53.6 Å². The van der Waals surface area contributed by atoms with Crippen LogP contribution >= 0.6 is 0 Å². The van der Waals surface area contributed by atoms with E-state index in [-0.39, 0.29) is 5.92 Å². The topological polar surface area (TPSA) is 51.5 Å². The highest BCUT2D eigenvalue weighted by Crippen LogP contribution is 2.31. The number of hydrogen-bond donors (Lipinski definition) is 0. The third kappa shape index (κ3) is 4.40. The second-order valence-electron chi connectivity index (χ2n) is 5.25. The first-order chi connectivity index (χ1) is 11.2. The summed E-state index contributed by atoms with van der Waals surface area (Å²) in [5.74, 6) is 1.86. The third-order valence-electron chi connectivity index (χ3n) is 3.63. The smallest absolute Gasteiger partial charge is 0.161 e. The van der Waals surface area contributed by atoms with Crippen molar-refractivity contribution in [3.8, 4) is 23.3 Å². The predicted octanol–water partition coefficient (Wildman–Crippen LogP) is 4.09. The maximum Gasteiger partial charge on any atom is 0.161 e. The molecule has 0 heterocycles. The number of rotatable bonds is 7.